The summed E-state index contributed by atoms with van der Waals surface area (Å²) in [5, 5.41) is 8.23. The van der Waals surface area contributed by atoms with Gasteiger partial charge in [0.15, 0.2) is 0 Å². The highest BCUT2D eigenvalue weighted by atomic mass is 14.5. The summed E-state index contributed by atoms with van der Waals surface area (Å²) in [4.78, 5) is 0. The van der Waals surface area contributed by atoms with Gasteiger partial charge in [-0.2, -0.15) is 5.26 Å². The summed E-state index contributed by atoms with van der Waals surface area (Å²) in [6.07, 6.45) is 0.244. The molecule has 2 heteroatoms. The van der Waals surface area contributed by atoms with Gasteiger partial charge in [0.25, 0.3) is 0 Å². The largest absolute Gasteiger partial charge is 0.398 e. The van der Waals surface area contributed by atoms with E-state index in [1.54, 1.807) is 6.07 Å². The first-order valence-corrected chi connectivity index (χ1v) is 3.55. The molecule has 0 aliphatic heterocycles. The Balaban J connectivity index is 2.86. The molecule has 0 aliphatic rings. The van der Waals surface area contributed by atoms with Crippen LogP contribution in [0.25, 0.3) is 0 Å². The molecule has 0 spiro atoms. The number of nitrogen functional groups attached to an aromatic ring is 1. The minimum Gasteiger partial charge on any atom is -0.398 e. The average molecular weight is 156 g/mol. The first-order chi connectivity index (χ1) is 5.84. The molecule has 0 aromatic heterocycles. The lowest BCUT2D eigenvalue weighted by Gasteiger charge is -1.93. The second-order valence-corrected chi connectivity index (χ2v) is 2.22. The second kappa shape index (κ2) is 4.05. The SMILES string of the molecule is N#CCC#Cc1ccccc1N. The monoisotopic (exact) mass is 156 g/mol. The highest BCUT2D eigenvalue weighted by Gasteiger charge is 1.89. The summed E-state index contributed by atoms with van der Waals surface area (Å²) < 4.78 is 0. The lowest BCUT2D eigenvalue weighted by Crippen LogP contribution is -1.87. The van der Waals surface area contributed by atoms with Crippen molar-refractivity contribution in [3.05, 3.63) is 29.8 Å². The summed E-state index contributed by atoms with van der Waals surface area (Å²) in [6.45, 7) is 0. The van der Waals surface area contributed by atoms with Crippen molar-refractivity contribution < 1.29 is 0 Å². The molecule has 0 unspecified atom stereocenters. The van der Waals surface area contributed by atoms with Gasteiger partial charge in [0.1, 0.15) is 0 Å². The van der Waals surface area contributed by atoms with Crippen LogP contribution in [-0.2, 0) is 0 Å². The van der Waals surface area contributed by atoms with Crippen molar-refractivity contribution in [2.24, 2.45) is 0 Å². The van der Waals surface area contributed by atoms with Gasteiger partial charge in [0.05, 0.1) is 12.5 Å². The molecule has 0 heterocycles. The van der Waals surface area contributed by atoms with Gasteiger partial charge >= 0.3 is 0 Å². The smallest absolute Gasteiger partial charge is 0.0966 e. The molecule has 0 atom stereocenters. The van der Waals surface area contributed by atoms with Gasteiger partial charge in [-0.3, -0.25) is 0 Å². The summed E-state index contributed by atoms with van der Waals surface area (Å²) in [5.74, 6) is 5.52. The van der Waals surface area contributed by atoms with Gasteiger partial charge < -0.3 is 5.73 Å². The molecule has 1 aromatic rings. The van der Waals surface area contributed by atoms with E-state index >= 15 is 0 Å². The molecular weight excluding hydrogens is 148 g/mol. The third kappa shape index (κ3) is 2.04. The Bertz CT molecular complexity index is 363. The van der Waals surface area contributed by atoms with Crippen LogP contribution in [0, 0.1) is 23.2 Å². The molecule has 2 nitrogen and oxygen atoms in total. The maximum Gasteiger partial charge on any atom is 0.0966 e. The summed E-state index contributed by atoms with van der Waals surface area (Å²) in [7, 11) is 0. The highest BCUT2D eigenvalue weighted by Crippen LogP contribution is 2.07. The van der Waals surface area contributed by atoms with E-state index in [4.69, 9.17) is 11.0 Å². The molecule has 1 aromatic carbocycles. The van der Waals surface area contributed by atoms with Crippen LogP contribution in [0.5, 0.6) is 0 Å². The van der Waals surface area contributed by atoms with Crippen LogP contribution < -0.4 is 5.73 Å². The van der Waals surface area contributed by atoms with Crippen molar-refractivity contribution in [3.63, 3.8) is 0 Å². The van der Waals surface area contributed by atoms with E-state index in [0.29, 0.717) is 5.69 Å². The zero-order chi connectivity index (χ0) is 8.81. The molecule has 0 saturated heterocycles. The van der Waals surface area contributed by atoms with Gasteiger partial charge in [-0.05, 0) is 12.1 Å². The standard InChI is InChI=1S/C10H8N2/c11-8-4-3-6-9-5-1-2-7-10(9)12/h1-2,5,7H,4,12H2. The van der Waals surface area contributed by atoms with Crippen LogP contribution in [0.3, 0.4) is 0 Å². The van der Waals surface area contributed by atoms with E-state index in [9.17, 15) is 0 Å². The van der Waals surface area contributed by atoms with Crippen molar-refractivity contribution in [2.45, 2.75) is 6.42 Å². The van der Waals surface area contributed by atoms with Gasteiger partial charge in [-0.25, -0.2) is 0 Å². The zero-order valence-electron chi connectivity index (χ0n) is 6.54. The molecule has 0 fully saturated rings. The van der Waals surface area contributed by atoms with Crippen LogP contribution in [0.2, 0.25) is 0 Å². The number of nitrogens with zero attached hydrogens (tertiary/aromatic N) is 1. The average Bonchev–Trinajstić information content (AvgIpc) is 2.09. The minimum atomic E-state index is 0.244. The number of nitriles is 1. The Kier molecular flexibility index (Phi) is 2.76. The van der Waals surface area contributed by atoms with Crippen molar-refractivity contribution >= 4 is 5.69 Å². The Labute approximate surface area is 71.6 Å². The Hall–Kier alpha value is -1.93. The maximum absolute atomic E-state index is 8.23. The van der Waals surface area contributed by atoms with Gasteiger partial charge in [-0.1, -0.05) is 24.0 Å². The molecular formula is C10H8N2. The topological polar surface area (TPSA) is 49.8 Å². The fourth-order valence-corrected chi connectivity index (χ4v) is 0.790. The normalized spacial score (nSPS) is 7.92. The van der Waals surface area contributed by atoms with Crippen molar-refractivity contribution in [3.8, 4) is 17.9 Å². The third-order valence-corrected chi connectivity index (χ3v) is 1.35. The fourth-order valence-electron chi connectivity index (χ4n) is 0.790. The number of rotatable bonds is 0. The molecule has 0 aliphatic carbocycles. The van der Waals surface area contributed by atoms with Crippen LogP contribution in [-0.4, -0.2) is 0 Å². The predicted molar refractivity (Wildman–Crippen MR) is 48.0 cm³/mol. The number of hydrogen-bond donors (Lipinski definition) is 1. The van der Waals surface area contributed by atoms with Gasteiger partial charge in [0.2, 0.25) is 0 Å². The summed E-state index contributed by atoms with van der Waals surface area (Å²) in [5.41, 5.74) is 7.06. The van der Waals surface area contributed by atoms with Gasteiger partial charge in [0, 0.05) is 11.3 Å². The Morgan fingerprint density at radius 1 is 1.33 bits per heavy atom. The quantitative estimate of drug-likeness (QED) is 0.457. The highest BCUT2D eigenvalue weighted by molar-refractivity contribution is 5.55. The molecule has 0 radical (unpaired) electrons. The van der Waals surface area contributed by atoms with Crippen molar-refractivity contribution in [2.75, 3.05) is 5.73 Å². The first kappa shape index (κ1) is 8.17. The number of anilines is 1. The lowest BCUT2D eigenvalue weighted by molar-refractivity contribution is 1.39. The van der Waals surface area contributed by atoms with Crippen LogP contribution >= 0.6 is 0 Å². The predicted octanol–water partition coefficient (Wildman–Crippen LogP) is 1.53. The van der Waals surface area contributed by atoms with Crippen LogP contribution in [0.15, 0.2) is 24.3 Å². The fraction of sp³-hybridized carbons (Fsp3) is 0.100. The van der Waals surface area contributed by atoms with Gasteiger partial charge in [-0.15, -0.1) is 0 Å². The van der Waals surface area contributed by atoms with E-state index < -0.39 is 0 Å². The first-order valence-electron chi connectivity index (χ1n) is 3.55. The molecule has 1 rings (SSSR count). The van der Waals surface area contributed by atoms with E-state index in [2.05, 4.69) is 11.8 Å². The van der Waals surface area contributed by atoms with E-state index in [-0.39, 0.29) is 6.42 Å². The van der Waals surface area contributed by atoms with Crippen molar-refractivity contribution in [1.29, 1.82) is 5.26 Å². The van der Waals surface area contributed by atoms with Crippen LogP contribution in [0.4, 0.5) is 5.69 Å². The molecule has 2 N–H and O–H groups in total. The lowest BCUT2D eigenvalue weighted by atomic mass is 10.2. The number of benzene rings is 1. The Morgan fingerprint density at radius 2 is 2.08 bits per heavy atom. The minimum absolute atomic E-state index is 0.244. The number of hydrogen-bond acceptors (Lipinski definition) is 2. The second-order valence-electron chi connectivity index (χ2n) is 2.22. The summed E-state index contributed by atoms with van der Waals surface area (Å²) >= 11 is 0. The number of nitrogens with two attached hydrogens (primary N) is 1. The molecule has 0 saturated carbocycles. The molecule has 0 amide bonds. The van der Waals surface area contributed by atoms with Crippen LogP contribution in [0.1, 0.15) is 12.0 Å². The number of para-hydroxylation sites is 1. The molecule has 0 bridgehead atoms. The Morgan fingerprint density at radius 3 is 2.75 bits per heavy atom. The third-order valence-electron chi connectivity index (χ3n) is 1.35. The summed E-state index contributed by atoms with van der Waals surface area (Å²) in [6, 6.07) is 9.28. The molecule has 58 valence electrons. The van der Waals surface area contributed by atoms with E-state index in [1.165, 1.54) is 0 Å². The van der Waals surface area contributed by atoms with Crippen molar-refractivity contribution in [1.82, 2.24) is 0 Å². The maximum atomic E-state index is 8.23. The zero-order valence-corrected chi connectivity index (χ0v) is 6.54. The molecule has 12 heavy (non-hydrogen) atoms. The van der Waals surface area contributed by atoms with E-state index in [0.717, 1.165) is 5.56 Å². The van der Waals surface area contributed by atoms with E-state index in [1.807, 2.05) is 24.3 Å².